The fourth-order valence-electron chi connectivity index (χ4n) is 2.90. The number of likely N-dealkylation sites (N-methyl/N-ethyl adjacent to an activating group) is 1. The van der Waals surface area contributed by atoms with Gasteiger partial charge in [-0.15, -0.1) is 0 Å². The maximum atomic E-state index is 12.4. The number of carbonyl (C=O) groups excluding carboxylic acids is 2. The monoisotopic (exact) mass is 355 g/mol. The van der Waals surface area contributed by atoms with Crippen LogP contribution in [0.25, 0.3) is 10.8 Å². The normalized spacial score (nSPS) is 12.4. The molecule has 0 unspecified atom stereocenters. The summed E-state index contributed by atoms with van der Waals surface area (Å²) in [6, 6.07) is 14.4. The number of benzene rings is 2. The van der Waals surface area contributed by atoms with Crippen molar-refractivity contribution >= 4 is 22.6 Å². The number of nitrogens with one attached hydrogen (secondary N) is 2. The fourth-order valence-corrected chi connectivity index (χ4v) is 2.90. The van der Waals surface area contributed by atoms with E-state index in [1.165, 1.54) is 5.39 Å². The minimum absolute atomic E-state index is 0.0581. The van der Waals surface area contributed by atoms with Gasteiger partial charge in [-0.3, -0.25) is 14.5 Å². The van der Waals surface area contributed by atoms with E-state index in [4.69, 9.17) is 0 Å². The highest BCUT2D eigenvalue weighted by molar-refractivity contribution is 5.84. The van der Waals surface area contributed by atoms with E-state index < -0.39 is 0 Å². The lowest BCUT2D eigenvalue weighted by Gasteiger charge is -2.22. The zero-order chi connectivity index (χ0) is 19.1. The molecule has 0 aliphatic rings. The molecule has 0 heterocycles. The minimum Gasteiger partial charge on any atom is -0.353 e. The van der Waals surface area contributed by atoms with Crippen molar-refractivity contribution in [1.82, 2.24) is 15.5 Å². The molecule has 0 saturated heterocycles. The first-order valence-electron chi connectivity index (χ1n) is 9.18. The molecule has 0 radical (unpaired) electrons. The van der Waals surface area contributed by atoms with E-state index in [1.54, 1.807) is 0 Å². The summed E-state index contributed by atoms with van der Waals surface area (Å²) >= 11 is 0. The van der Waals surface area contributed by atoms with Gasteiger partial charge in [0.1, 0.15) is 0 Å². The SMILES string of the molecule is CCN(CC(=O)NC(C)C)CC(=O)N[C@H](C)c1ccc2ccccc2c1. The second-order valence-electron chi connectivity index (χ2n) is 6.92. The Balaban J connectivity index is 1.93. The van der Waals surface area contributed by atoms with Gasteiger partial charge in [0.25, 0.3) is 0 Å². The Hall–Kier alpha value is -2.40. The molecule has 0 fully saturated rings. The van der Waals surface area contributed by atoms with E-state index in [-0.39, 0.29) is 37.0 Å². The summed E-state index contributed by atoms with van der Waals surface area (Å²) < 4.78 is 0. The summed E-state index contributed by atoms with van der Waals surface area (Å²) in [4.78, 5) is 26.1. The van der Waals surface area contributed by atoms with Crippen LogP contribution >= 0.6 is 0 Å². The van der Waals surface area contributed by atoms with Gasteiger partial charge < -0.3 is 10.6 Å². The highest BCUT2D eigenvalue weighted by Gasteiger charge is 2.16. The van der Waals surface area contributed by atoms with Crippen molar-refractivity contribution in [3.63, 3.8) is 0 Å². The van der Waals surface area contributed by atoms with Gasteiger partial charge in [0, 0.05) is 6.04 Å². The molecule has 0 spiro atoms. The summed E-state index contributed by atoms with van der Waals surface area (Å²) in [5, 5.41) is 8.22. The number of hydrogen-bond acceptors (Lipinski definition) is 3. The van der Waals surface area contributed by atoms with Crippen molar-refractivity contribution in [2.45, 2.75) is 39.8 Å². The number of rotatable bonds is 8. The standard InChI is InChI=1S/C21H29N3O2/c1-5-24(13-20(25)22-15(2)3)14-21(26)23-16(4)18-11-10-17-8-6-7-9-19(17)12-18/h6-12,15-16H,5,13-14H2,1-4H3,(H,22,25)(H,23,26)/t16-/m1/s1. The summed E-state index contributed by atoms with van der Waals surface area (Å²) in [5.74, 6) is -0.137. The van der Waals surface area contributed by atoms with Crippen LogP contribution in [-0.4, -0.2) is 42.4 Å². The summed E-state index contributed by atoms with van der Waals surface area (Å²) in [6.45, 7) is 8.85. The number of fused-ring (bicyclic) bond motifs is 1. The topological polar surface area (TPSA) is 61.4 Å². The lowest BCUT2D eigenvalue weighted by atomic mass is 10.0. The molecular formula is C21H29N3O2. The Kier molecular flexibility index (Phi) is 7.16. The van der Waals surface area contributed by atoms with Crippen molar-refractivity contribution in [2.24, 2.45) is 0 Å². The molecule has 0 aromatic heterocycles. The van der Waals surface area contributed by atoms with Crippen molar-refractivity contribution < 1.29 is 9.59 Å². The Labute approximate surface area is 155 Å². The number of hydrogen-bond donors (Lipinski definition) is 2. The van der Waals surface area contributed by atoms with Crippen molar-refractivity contribution in [3.8, 4) is 0 Å². The summed E-state index contributed by atoms with van der Waals surface area (Å²) in [6.07, 6.45) is 0. The minimum atomic E-state index is -0.0877. The molecule has 0 bridgehead atoms. The van der Waals surface area contributed by atoms with Crippen LogP contribution < -0.4 is 10.6 Å². The first-order chi connectivity index (χ1) is 12.4. The Morgan fingerprint density at radius 3 is 2.15 bits per heavy atom. The molecule has 2 aromatic rings. The third-order valence-electron chi connectivity index (χ3n) is 4.28. The van der Waals surface area contributed by atoms with Crippen LogP contribution in [-0.2, 0) is 9.59 Å². The van der Waals surface area contributed by atoms with E-state index in [0.29, 0.717) is 6.54 Å². The smallest absolute Gasteiger partial charge is 0.234 e. The average Bonchev–Trinajstić information content (AvgIpc) is 2.59. The summed E-state index contributed by atoms with van der Waals surface area (Å²) in [7, 11) is 0. The molecule has 26 heavy (non-hydrogen) atoms. The predicted molar refractivity (Wildman–Crippen MR) is 106 cm³/mol. The molecule has 2 rings (SSSR count). The molecule has 0 saturated carbocycles. The van der Waals surface area contributed by atoms with Gasteiger partial charge in [-0.05, 0) is 49.7 Å². The van der Waals surface area contributed by atoms with Gasteiger partial charge in [-0.2, -0.15) is 0 Å². The molecule has 2 amide bonds. The van der Waals surface area contributed by atoms with E-state index in [9.17, 15) is 9.59 Å². The number of amides is 2. The second-order valence-corrected chi connectivity index (χ2v) is 6.92. The Morgan fingerprint density at radius 1 is 0.923 bits per heavy atom. The van der Waals surface area contributed by atoms with Crippen LogP contribution in [0.15, 0.2) is 42.5 Å². The third kappa shape index (κ3) is 5.85. The van der Waals surface area contributed by atoms with Crippen LogP contribution in [0.2, 0.25) is 0 Å². The first-order valence-corrected chi connectivity index (χ1v) is 9.18. The highest BCUT2D eigenvalue weighted by atomic mass is 16.2. The molecule has 5 nitrogen and oxygen atoms in total. The predicted octanol–water partition coefficient (Wildman–Crippen LogP) is 2.86. The lowest BCUT2D eigenvalue weighted by Crippen LogP contribution is -2.44. The van der Waals surface area contributed by atoms with Crippen LogP contribution in [0.5, 0.6) is 0 Å². The van der Waals surface area contributed by atoms with Gasteiger partial charge in [-0.1, -0.05) is 43.3 Å². The average molecular weight is 355 g/mol. The molecule has 140 valence electrons. The lowest BCUT2D eigenvalue weighted by molar-refractivity contribution is -0.125. The van der Waals surface area contributed by atoms with E-state index in [0.717, 1.165) is 10.9 Å². The molecule has 2 N–H and O–H groups in total. The zero-order valence-electron chi connectivity index (χ0n) is 16.1. The Morgan fingerprint density at radius 2 is 1.54 bits per heavy atom. The molecule has 0 aliphatic heterocycles. The second kappa shape index (κ2) is 9.34. The number of carbonyl (C=O) groups is 2. The molecule has 1 atom stereocenters. The Bertz CT molecular complexity index is 758. The van der Waals surface area contributed by atoms with Gasteiger partial charge in [-0.25, -0.2) is 0 Å². The van der Waals surface area contributed by atoms with Gasteiger partial charge in [0.15, 0.2) is 0 Å². The zero-order valence-corrected chi connectivity index (χ0v) is 16.1. The van der Waals surface area contributed by atoms with Crippen LogP contribution in [0.4, 0.5) is 0 Å². The molecule has 2 aromatic carbocycles. The van der Waals surface area contributed by atoms with Gasteiger partial charge in [0.05, 0.1) is 19.1 Å². The maximum Gasteiger partial charge on any atom is 0.234 e. The maximum absolute atomic E-state index is 12.4. The first kappa shape index (κ1) is 19.9. The quantitative estimate of drug-likeness (QED) is 0.765. The van der Waals surface area contributed by atoms with Gasteiger partial charge in [0.2, 0.25) is 11.8 Å². The molecule has 0 aliphatic carbocycles. The van der Waals surface area contributed by atoms with Gasteiger partial charge >= 0.3 is 0 Å². The molecule has 5 heteroatoms. The molecular weight excluding hydrogens is 326 g/mol. The fraction of sp³-hybridized carbons (Fsp3) is 0.429. The van der Waals surface area contributed by atoms with Crippen LogP contribution in [0, 0.1) is 0 Å². The highest BCUT2D eigenvalue weighted by Crippen LogP contribution is 2.20. The van der Waals surface area contributed by atoms with Crippen LogP contribution in [0.1, 0.15) is 39.3 Å². The van der Waals surface area contributed by atoms with Crippen molar-refractivity contribution in [2.75, 3.05) is 19.6 Å². The van der Waals surface area contributed by atoms with E-state index in [1.807, 2.05) is 50.8 Å². The van der Waals surface area contributed by atoms with Crippen molar-refractivity contribution in [1.29, 1.82) is 0 Å². The largest absolute Gasteiger partial charge is 0.353 e. The number of nitrogens with zero attached hydrogens (tertiary/aromatic N) is 1. The third-order valence-corrected chi connectivity index (χ3v) is 4.28. The summed E-state index contributed by atoms with van der Waals surface area (Å²) in [5.41, 5.74) is 1.07. The van der Waals surface area contributed by atoms with E-state index >= 15 is 0 Å². The van der Waals surface area contributed by atoms with Crippen molar-refractivity contribution in [3.05, 3.63) is 48.0 Å². The van der Waals surface area contributed by atoms with E-state index in [2.05, 4.69) is 34.9 Å². The van der Waals surface area contributed by atoms with Crippen LogP contribution in [0.3, 0.4) is 0 Å².